The van der Waals surface area contributed by atoms with Crippen LogP contribution in [0.25, 0.3) is 0 Å². The number of β-lactam (4-membered cyclic amide) rings is 1. The lowest BCUT2D eigenvalue weighted by Crippen LogP contribution is -2.73. The number of carbonyl (C=O) groups is 3. The van der Waals surface area contributed by atoms with Crippen LogP contribution in [0.2, 0.25) is 19.6 Å². The molecule has 2 heterocycles. The summed E-state index contributed by atoms with van der Waals surface area (Å²) >= 11 is 1.01. The standard InChI is InChI=1S/C21H27N7O7SSi/c1-13(2)18(21(31)34-11-14-6-8-15(9-7-14)28(32)33)27-19(30)17(20(27)36-35-37(3,4)5)23-16(29)10-26-12-22-24-25-26/h6-9,12,17-18,20H,1,10-11H2,2-5H3,(H,23,29). The zero-order valence-electron chi connectivity index (χ0n) is 20.7. The lowest BCUT2D eigenvalue weighted by molar-refractivity contribution is -0.384. The molecule has 0 bridgehead atoms. The van der Waals surface area contributed by atoms with Crippen molar-refractivity contribution in [3.05, 3.63) is 58.4 Å². The molecule has 0 saturated carbocycles. The first-order chi connectivity index (χ1) is 17.4. The summed E-state index contributed by atoms with van der Waals surface area (Å²) in [4.78, 5) is 50.3. The number of tetrazole rings is 1. The second-order valence-corrected chi connectivity index (χ2v) is 14.8. The van der Waals surface area contributed by atoms with Crippen molar-refractivity contribution in [3.63, 3.8) is 0 Å². The van der Waals surface area contributed by atoms with Crippen LogP contribution >= 0.6 is 12.0 Å². The van der Waals surface area contributed by atoms with E-state index >= 15 is 0 Å². The van der Waals surface area contributed by atoms with Gasteiger partial charge in [-0.1, -0.05) is 6.58 Å². The van der Waals surface area contributed by atoms with Gasteiger partial charge in [0.15, 0.2) is 6.04 Å². The highest BCUT2D eigenvalue weighted by atomic mass is 32.2. The third-order valence-corrected chi connectivity index (χ3v) is 8.07. The average molecular weight is 550 g/mol. The quantitative estimate of drug-likeness (QED) is 0.0772. The number of amides is 2. The number of carbonyl (C=O) groups excluding carboxylic acids is 3. The molecule has 198 valence electrons. The predicted octanol–water partition coefficient (Wildman–Crippen LogP) is 1.42. The Morgan fingerprint density at radius 1 is 1.30 bits per heavy atom. The van der Waals surface area contributed by atoms with Crippen LogP contribution in [0.15, 0.2) is 42.7 Å². The van der Waals surface area contributed by atoms with Crippen molar-refractivity contribution in [1.29, 1.82) is 0 Å². The summed E-state index contributed by atoms with van der Waals surface area (Å²) in [6.45, 7) is 11.0. The maximum Gasteiger partial charge on any atom is 0.333 e. The number of nitrogens with one attached hydrogen (secondary N) is 1. The lowest BCUT2D eigenvalue weighted by Gasteiger charge is -2.49. The Balaban J connectivity index is 1.72. The zero-order valence-corrected chi connectivity index (χ0v) is 22.5. The van der Waals surface area contributed by atoms with Gasteiger partial charge in [-0.3, -0.25) is 19.7 Å². The fourth-order valence-corrected chi connectivity index (χ4v) is 5.47. The molecule has 3 rings (SSSR count). The van der Waals surface area contributed by atoms with Crippen molar-refractivity contribution in [2.24, 2.45) is 0 Å². The summed E-state index contributed by atoms with van der Waals surface area (Å²) in [6, 6.07) is 3.50. The van der Waals surface area contributed by atoms with Gasteiger partial charge >= 0.3 is 5.97 Å². The van der Waals surface area contributed by atoms with Crippen molar-refractivity contribution >= 4 is 43.8 Å². The van der Waals surface area contributed by atoms with Gasteiger partial charge in [0.1, 0.15) is 30.9 Å². The van der Waals surface area contributed by atoms with E-state index in [0.717, 1.165) is 12.0 Å². The number of hydrogen-bond acceptors (Lipinski definition) is 11. The van der Waals surface area contributed by atoms with Crippen LogP contribution in [0.3, 0.4) is 0 Å². The number of nitro groups is 1. The van der Waals surface area contributed by atoms with Crippen molar-refractivity contribution in [2.75, 3.05) is 0 Å². The molecule has 2 amide bonds. The Hall–Kier alpha value is -3.63. The minimum absolute atomic E-state index is 0.0866. The van der Waals surface area contributed by atoms with Gasteiger partial charge in [-0.2, -0.15) is 0 Å². The fourth-order valence-electron chi connectivity index (χ4n) is 3.31. The van der Waals surface area contributed by atoms with E-state index in [4.69, 9.17) is 8.61 Å². The van der Waals surface area contributed by atoms with E-state index in [0.29, 0.717) is 11.1 Å². The maximum absolute atomic E-state index is 13.2. The monoisotopic (exact) mass is 549 g/mol. The number of aromatic nitrogens is 4. The SMILES string of the molecule is C=C(C)C(C(=O)OCc1ccc([N+](=O)[O-])cc1)N1C(=O)C(NC(=O)Cn2cnnn2)C1SO[Si](C)(C)C. The number of likely N-dealkylation sites (tertiary alicyclic amines) is 1. The Kier molecular flexibility index (Phi) is 8.77. The average Bonchev–Trinajstić information content (AvgIpc) is 3.33. The summed E-state index contributed by atoms with van der Waals surface area (Å²) < 4.78 is 12.6. The molecule has 1 aromatic carbocycles. The topological polar surface area (TPSA) is 172 Å². The molecule has 1 saturated heterocycles. The molecule has 1 aliphatic rings. The number of rotatable bonds is 12. The van der Waals surface area contributed by atoms with Gasteiger partial charge in [-0.15, -0.1) is 5.10 Å². The highest BCUT2D eigenvalue weighted by molar-refractivity contribution is 7.96. The molecule has 1 N–H and O–H groups in total. The minimum atomic E-state index is -2.04. The Bertz CT molecular complexity index is 1170. The number of non-ortho nitro benzene ring substituents is 1. The van der Waals surface area contributed by atoms with Crippen LogP contribution in [0.1, 0.15) is 12.5 Å². The van der Waals surface area contributed by atoms with Gasteiger partial charge in [-0.05, 0) is 60.3 Å². The van der Waals surface area contributed by atoms with Crippen LogP contribution in [-0.2, 0) is 36.1 Å². The summed E-state index contributed by atoms with van der Waals surface area (Å²) in [5.74, 6) is -1.71. The van der Waals surface area contributed by atoms with E-state index in [1.54, 1.807) is 6.92 Å². The summed E-state index contributed by atoms with van der Waals surface area (Å²) in [6.07, 6.45) is 1.27. The number of ether oxygens (including phenoxy) is 1. The van der Waals surface area contributed by atoms with Gasteiger partial charge in [-0.25, -0.2) is 9.48 Å². The van der Waals surface area contributed by atoms with E-state index in [1.165, 1.54) is 40.2 Å². The van der Waals surface area contributed by atoms with Crippen molar-refractivity contribution in [3.8, 4) is 0 Å². The smallest absolute Gasteiger partial charge is 0.333 e. The minimum Gasteiger partial charge on any atom is -0.459 e. The van der Waals surface area contributed by atoms with E-state index in [9.17, 15) is 24.5 Å². The first-order valence-corrected chi connectivity index (χ1v) is 15.3. The Labute approximate surface area is 217 Å². The zero-order chi connectivity index (χ0) is 27.3. The van der Waals surface area contributed by atoms with E-state index in [1.807, 2.05) is 19.6 Å². The third kappa shape index (κ3) is 7.20. The number of nitrogens with zero attached hydrogens (tertiary/aromatic N) is 6. The first kappa shape index (κ1) is 27.9. The molecule has 1 aromatic heterocycles. The highest BCUT2D eigenvalue weighted by Gasteiger charge is 2.54. The Morgan fingerprint density at radius 3 is 2.51 bits per heavy atom. The molecule has 1 aliphatic heterocycles. The number of nitro benzene ring substituents is 1. The molecule has 14 nitrogen and oxygen atoms in total. The van der Waals surface area contributed by atoms with Crippen LogP contribution in [0.5, 0.6) is 0 Å². The summed E-state index contributed by atoms with van der Waals surface area (Å²) in [5.41, 5.74) is 0.811. The van der Waals surface area contributed by atoms with Gasteiger partial charge in [0.25, 0.3) is 5.69 Å². The summed E-state index contributed by atoms with van der Waals surface area (Å²) in [5, 5.41) is 23.3. The molecule has 2 aromatic rings. The molecule has 0 radical (unpaired) electrons. The van der Waals surface area contributed by atoms with Crippen molar-refractivity contribution in [1.82, 2.24) is 30.4 Å². The molecule has 0 spiro atoms. The van der Waals surface area contributed by atoms with Gasteiger partial charge in [0.05, 0.1) is 4.92 Å². The number of esters is 1. The van der Waals surface area contributed by atoms with Gasteiger partial charge in [0, 0.05) is 24.2 Å². The van der Waals surface area contributed by atoms with E-state index in [-0.39, 0.29) is 18.8 Å². The number of hydrogen-bond donors (Lipinski definition) is 1. The van der Waals surface area contributed by atoms with Crippen molar-refractivity contribution in [2.45, 2.75) is 57.2 Å². The van der Waals surface area contributed by atoms with Gasteiger partial charge < -0.3 is 18.8 Å². The van der Waals surface area contributed by atoms with Crippen molar-refractivity contribution < 1.29 is 27.9 Å². The molecule has 1 fully saturated rings. The predicted molar refractivity (Wildman–Crippen MR) is 134 cm³/mol. The molecular formula is C21H27N7O7SSi. The number of benzene rings is 1. The second kappa shape index (κ2) is 11.6. The van der Waals surface area contributed by atoms with Crippen LogP contribution in [0, 0.1) is 10.1 Å². The van der Waals surface area contributed by atoms with Gasteiger partial charge in [0.2, 0.25) is 20.1 Å². The summed E-state index contributed by atoms with van der Waals surface area (Å²) in [7, 11) is -2.04. The Morgan fingerprint density at radius 2 is 1.97 bits per heavy atom. The fraction of sp³-hybridized carbons (Fsp3) is 0.429. The molecular weight excluding hydrogens is 522 g/mol. The molecule has 3 unspecified atom stereocenters. The first-order valence-electron chi connectivity index (χ1n) is 11.1. The lowest BCUT2D eigenvalue weighted by atomic mass is 9.99. The normalized spacial score (nSPS) is 18.1. The van der Waals surface area contributed by atoms with E-state index in [2.05, 4.69) is 27.4 Å². The second-order valence-electron chi connectivity index (χ2n) is 9.26. The molecule has 37 heavy (non-hydrogen) atoms. The van der Waals surface area contributed by atoms with Crippen LogP contribution < -0.4 is 5.32 Å². The van der Waals surface area contributed by atoms with E-state index < -0.39 is 48.5 Å². The maximum atomic E-state index is 13.2. The molecule has 16 heteroatoms. The van der Waals surface area contributed by atoms with Crippen LogP contribution in [-0.4, -0.2) is 73.6 Å². The molecule has 0 aliphatic carbocycles. The van der Waals surface area contributed by atoms with Crippen LogP contribution in [0.4, 0.5) is 5.69 Å². The third-order valence-electron chi connectivity index (χ3n) is 4.99. The highest BCUT2D eigenvalue weighted by Crippen LogP contribution is 2.36. The largest absolute Gasteiger partial charge is 0.459 e. The molecule has 3 atom stereocenters.